The van der Waals surface area contributed by atoms with E-state index < -0.39 is 0 Å². The lowest BCUT2D eigenvalue weighted by molar-refractivity contribution is -0.00529. The Bertz CT molecular complexity index is 240. The van der Waals surface area contributed by atoms with Gasteiger partial charge in [0.05, 0.1) is 6.42 Å². The predicted molar refractivity (Wildman–Crippen MR) is 40.7 cm³/mol. The van der Waals surface area contributed by atoms with Gasteiger partial charge < -0.3 is 5.53 Å². The Morgan fingerprint density at radius 1 is 1.20 bits per heavy atom. The summed E-state index contributed by atoms with van der Waals surface area (Å²) in [5.41, 5.74) is 9.07. The first-order valence-corrected chi connectivity index (χ1v) is 3.14. The van der Waals surface area contributed by atoms with E-state index in [0.717, 1.165) is 0 Å². The largest absolute Gasteiger partial charge is 0.361 e. The maximum atomic E-state index is 8.39. The lowest BCUT2D eigenvalue weighted by Crippen LogP contribution is -1.92. The fourth-order valence-electron chi connectivity index (χ4n) is 0.704. The minimum absolute atomic E-state index is 0.681. The molecule has 0 amide bonds. The van der Waals surface area contributed by atoms with E-state index in [1.165, 1.54) is 0 Å². The van der Waals surface area contributed by atoms with Crippen LogP contribution in [0.4, 0.5) is 0 Å². The second kappa shape index (κ2) is 3.59. The zero-order valence-electron chi connectivity index (χ0n) is 5.57. The standard InChI is InChI=1S/C8H8N2/c9-10-8-6-4-2-1-3-5-7-8/h1-6H,7H2. The summed E-state index contributed by atoms with van der Waals surface area (Å²) in [5, 5.41) is 0. The summed E-state index contributed by atoms with van der Waals surface area (Å²) in [7, 11) is 0. The Hall–Kier alpha value is -1.40. The molecule has 0 heterocycles. The van der Waals surface area contributed by atoms with Gasteiger partial charge in [-0.1, -0.05) is 30.4 Å². The number of rotatable bonds is 0. The van der Waals surface area contributed by atoms with Crippen molar-refractivity contribution < 1.29 is 4.79 Å². The molecular weight excluding hydrogens is 124 g/mol. The summed E-state index contributed by atoms with van der Waals surface area (Å²) in [5.74, 6) is 0. The van der Waals surface area contributed by atoms with E-state index in [-0.39, 0.29) is 0 Å². The Kier molecular flexibility index (Phi) is 2.41. The van der Waals surface area contributed by atoms with Gasteiger partial charge in [-0.2, -0.15) is 4.79 Å². The molecule has 50 valence electrons. The van der Waals surface area contributed by atoms with Crippen LogP contribution in [0.1, 0.15) is 6.42 Å². The van der Waals surface area contributed by atoms with E-state index in [9.17, 15) is 0 Å². The Morgan fingerprint density at radius 3 is 2.80 bits per heavy atom. The van der Waals surface area contributed by atoms with Crippen molar-refractivity contribution >= 4 is 5.71 Å². The summed E-state index contributed by atoms with van der Waals surface area (Å²) < 4.78 is 0. The molecule has 0 aromatic rings. The number of hydrogen-bond donors (Lipinski definition) is 0. The lowest BCUT2D eigenvalue weighted by atomic mass is 10.2. The van der Waals surface area contributed by atoms with Crippen LogP contribution >= 0.6 is 0 Å². The van der Waals surface area contributed by atoms with Gasteiger partial charge in [0.2, 0.25) is 0 Å². The quantitative estimate of drug-likeness (QED) is 0.355. The molecule has 0 radical (unpaired) electrons. The first kappa shape index (κ1) is 6.72. The third-order valence-corrected chi connectivity index (χ3v) is 1.21. The molecule has 0 fully saturated rings. The van der Waals surface area contributed by atoms with E-state index in [0.29, 0.717) is 12.1 Å². The molecule has 0 saturated carbocycles. The van der Waals surface area contributed by atoms with E-state index in [4.69, 9.17) is 5.53 Å². The van der Waals surface area contributed by atoms with Gasteiger partial charge in [-0.25, -0.2) is 0 Å². The van der Waals surface area contributed by atoms with Crippen LogP contribution in [-0.2, 0) is 0 Å². The average molecular weight is 132 g/mol. The van der Waals surface area contributed by atoms with Gasteiger partial charge in [0.15, 0.2) is 0 Å². The highest BCUT2D eigenvalue weighted by atomic mass is 14.8. The van der Waals surface area contributed by atoms with Gasteiger partial charge in [0.1, 0.15) is 0 Å². The van der Waals surface area contributed by atoms with Crippen LogP contribution in [0.25, 0.3) is 5.53 Å². The molecule has 0 N–H and O–H groups in total. The van der Waals surface area contributed by atoms with Crippen LogP contribution in [0.2, 0.25) is 0 Å². The molecule has 0 aromatic carbocycles. The van der Waals surface area contributed by atoms with Crippen molar-refractivity contribution in [2.24, 2.45) is 0 Å². The number of nitrogens with zero attached hydrogens (tertiary/aromatic N) is 2. The minimum atomic E-state index is 0.681. The van der Waals surface area contributed by atoms with Crippen molar-refractivity contribution in [1.82, 2.24) is 0 Å². The molecule has 0 saturated heterocycles. The van der Waals surface area contributed by atoms with Crippen molar-refractivity contribution in [3.8, 4) is 0 Å². The van der Waals surface area contributed by atoms with Gasteiger partial charge in [-0.3, -0.25) is 0 Å². The fraction of sp³-hybridized carbons (Fsp3) is 0.125. The molecule has 10 heavy (non-hydrogen) atoms. The zero-order chi connectivity index (χ0) is 7.23. The van der Waals surface area contributed by atoms with Crippen LogP contribution in [0.3, 0.4) is 0 Å². The summed E-state index contributed by atoms with van der Waals surface area (Å²) in [4.78, 5) is 3.09. The van der Waals surface area contributed by atoms with E-state index in [2.05, 4.69) is 4.79 Å². The Labute approximate surface area is 59.8 Å². The van der Waals surface area contributed by atoms with Crippen LogP contribution in [0.15, 0.2) is 36.5 Å². The third-order valence-electron chi connectivity index (χ3n) is 1.21. The van der Waals surface area contributed by atoms with Crippen molar-refractivity contribution in [1.29, 1.82) is 0 Å². The van der Waals surface area contributed by atoms with E-state index in [1.807, 2.05) is 30.4 Å². The maximum Gasteiger partial charge on any atom is 0.295 e. The SMILES string of the molecule is [N-]=[N+]=C1C=CC=CC=CC1. The second-order valence-electron chi connectivity index (χ2n) is 1.97. The molecule has 0 unspecified atom stereocenters. The molecule has 0 atom stereocenters. The molecule has 1 rings (SSSR count). The monoisotopic (exact) mass is 132 g/mol. The third kappa shape index (κ3) is 1.84. The fourth-order valence-corrected chi connectivity index (χ4v) is 0.704. The Morgan fingerprint density at radius 2 is 2.00 bits per heavy atom. The summed E-state index contributed by atoms with van der Waals surface area (Å²) in [6.07, 6.45) is 12.0. The summed E-state index contributed by atoms with van der Waals surface area (Å²) >= 11 is 0. The number of hydrogen-bond acceptors (Lipinski definition) is 0. The molecule has 0 bridgehead atoms. The lowest BCUT2D eigenvalue weighted by Gasteiger charge is -1.83. The smallest absolute Gasteiger partial charge is 0.295 e. The van der Waals surface area contributed by atoms with Crippen LogP contribution in [-0.4, -0.2) is 10.5 Å². The highest BCUT2D eigenvalue weighted by Gasteiger charge is 1.97. The van der Waals surface area contributed by atoms with Gasteiger partial charge >= 0.3 is 0 Å². The van der Waals surface area contributed by atoms with Gasteiger partial charge in [0, 0.05) is 6.08 Å². The van der Waals surface area contributed by atoms with Crippen molar-refractivity contribution in [3.63, 3.8) is 0 Å². The molecule has 2 nitrogen and oxygen atoms in total. The van der Waals surface area contributed by atoms with E-state index >= 15 is 0 Å². The molecule has 2 heteroatoms. The highest BCUT2D eigenvalue weighted by Crippen LogP contribution is 1.93. The second-order valence-corrected chi connectivity index (χ2v) is 1.97. The van der Waals surface area contributed by atoms with Crippen LogP contribution < -0.4 is 0 Å². The normalized spacial score (nSPS) is 16.2. The Balaban J connectivity index is 2.84. The predicted octanol–water partition coefficient (Wildman–Crippen LogP) is 1.73. The molecule has 0 aromatic heterocycles. The van der Waals surface area contributed by atoms with Gasteiger partial charge in [0.25, 0.3) is 5.71 Å². The highest BCUT2D eigenvalue weighted by molar-refractivity contribution is 5.91. The average Bonchev–Trinajstić information content (AvgIpc) is 1.87. The first-order valence-electron chi connectivity index (χ1n) is 3.14. The first-order chi connectivity index (χ1) is 4.93. The zero-order valence-corrected chi connectivity index (χ0v) is 5.57. The van der Waals surface area contributed by atoms with Gasteiger partial charge in [-0.15, -0.1) is 0 Å². The van der Waals surface area contributed by atoms with Crippen molar-refractivity contribution in [2.45, 2.75) is 6.42 Å². The molecular formula is C8H8N2. The molecule has 1 aliphatic carbocycles. The summed E-state index contributed by atoms with van der Waals surface area (Å²) in [6, 6.07) is 0. The number of allylic oxidation sites excluding steroid dienone is 6. The van der Waals surface area contributed by atoms with Crippen LogP contribution in [0.5, 0.6) is 0 Å². The summed E-state index contributed by atoms with van der Waals surface area (Å²) in [6.45, 7) is 0. The van der Waals surface area contributed by atoms with Crippen molar-refractivity contribution in [2.75, 3.05) is 0 Å². The molecule has 1 aliphatic rings. The molecule has 0 spiro atoms. The molecule has 0 aliphatic heterocycles. The van der Waals surface area contributed by atoms with Crippen LogP contribution in [0, 0.1) is 0 Å². The van der Waals surface area contributed by atoms with E-state index in [1.54, 1.807) is 6.08 Å². The van der Waals surface area contributed by atoms with Gasteiger partial charge in [-0.05, 0) is 0 Å². The topological polar surface area (TPSA) is 36.4 Å². The van der Waals surface area contributed by atoms with Crippen molar-refractivity contribution in [3.05, 3.63) is 42.0 Å². The maximum absolute atomic E-state index is 8.39. The minimum Gasteiger partial charge on any atom is -0.361 e.